The molecule has 5 rings (SSSR count). The van der Waals surface area contributed by atoms with Crippen molar-refractivity contribution in [3.8, 4) is 11.5 Å². The van der Waals surface area contributed by atoms with Crippen molar-refractivity contribution in [1.29, 1.82) is 0 Å². The lowest BCUT2D eigenvalue weighted by Crippen LogP contribution is -2.63. The number of carbonyl (C=O) groups is 4. The van der Waals surface area contributed by atoms with Gasteiger partial charge in [0.1, 0.15) is 18.8 Å². The summed E-state index contributed by atoms with van der Waals surface area (Å²) < 4.78 is 46.5. The zero-order chi connectivity index (χ0) is 31.8. The summed E-state index contributed by atoms with van der Waals surface area (Å²) in [7, 11) is 3.71. The van der Waals surface area contributed by atoms with Crippen LogP contribution >= 0.6 is 0 Å². The van der Waals surface area contributed by atoms with Crippen LogP contribution in [-0.2, 0) is 59.6 Å². The number of hydrogen-bond donors (Lipinski definition) is 0. The molecule has 0 amide bonds. The minimum absolute atomic E-state index is 0.292. The van der Waals surface area contributed by atoms with Crippen molar-refractivity contribution in [1.82, 2.24) is 4.90 Å². The molecule has 0 N–H and O–H groups in total. The Morgan fingerprint density at radius 2 is 1.64 bits per heavy atom. The van der Waals surface area contributed by atoms with E-state index in [2.05, 4.69) is 24.1 Å². The summed E-state index contributed by atoms with van der Waals surface area (Å²) in [5.74, 6) is -1.32. The van der Waals surface area contributed by atoms with Gasteiger partial charge in [-0.25, -0.2) is 0 Å². The lowest BCUT2D eigenvalue weighted by Gasteiger charge is -2.45. The molecule has 1 aromatic rings. The van der Waals surface area contributed by atoms with Gasteiger partial charge in [-0.2, -0.15) is 0 Å². The number of carbonyl (C=O) groups excluding carboxylic acids is 4. The van der Waals surface area contributed by atoms with Gasteiger partial charge in [0.05, 0.1) is 18.6 Å². The van der Waals surface area contributed by atoms with E-state index in [-0.39, 0.29) is 12.7 Å². The molecule has 1 saturated heterocycles. The summed E-state index contributed by atoms with van der Waals surface area (Å²) in [6.07, 6.45) is -1.82. The van der Waals surface area contributed by atoms with Crippen molar-refractivity contribution in [2.45, 2.75) is 95.4 Å². The van der Waals surface area contributed by atoms with Crippen LogP contribution in [0.5, 0.6) is 11.5 Å². The molecule has 1 spiro atoms. The quantitative estimate of drug-likeness (QED) is 0.238. The maximum absolute atomic E-state index is 12.2. The van der Waals surface area contributed by atoms with E-state index < -0.39 is 66.1 Å². The molecule has 3 aliphatic heterocycles. The summed E-state index contributed by atoms with van der Waals surface area (Å²) in [5.41, 5.74) is 1.89. The Morgan fingerprint density at radius 3 is 2.30 bits per heavy atom. The van der Waals surface area contributed by atoms with Crippen molar-refractivity contribution in [3.63, 3.8) is 0 Å². The van der Waals surface area contributed by atoms with Crippen LogP contribution in [0, 0.1) is 0 Å². The molecule has 1 aliphatic carbocycles. The fourth-order valence-electron chi connectivity index (χ4n) is 6.64. The molecule has 13 heteroatoms. The van der Waals surface area contributed by atoms with E-state index in [1.807, 2.05) is 12.1 Å². The number of rotatable bonds is 8. The van der Waals surface area contributed by atoms with Crippen LogP contribution in [0.1, 0.15) is 51.7 Å². The van der Waals surface area contributed by atoms with Crippen molar-refractivity contribution < 1.29 is 57.1 Å². The number of benzene rings is 1. The number of nitrogens with zero attached hydrogens (tertiary/aromatic N) is 1. The largest absolute Gasteiger partial charge is 0.493 e. The highest BCUT2D eigenvalue weighted by Crippen LogP contribution is 2.56. The standard InChI is InChI=1S/C31H39NO12/c1-16(33)38-15-23-27(39-17(2)34)28(40-18(3)35)29(41-19(4)36)30(43-23)42-21-9-10-31-11-12-32(5)14-20-7-8-22(37-6)26(25(20)31)44-24(31)13-21/h7-10,21,23-24,27-30H,11-15H2,1-6H3/t21-,23+,24-,27+,28-,29+,30+,31-/m0/s1. The number of hydrogen-bond acceptors (Lipinski definition) is 13. The first-order chi connectivity index (χ1) is 20.9. The Labute approximate surface area is 255 Å². The van der Waals surface area contributed by atoms with Crippen molar-refractivity contribution in [2.24, 2.45) is 0 Å². The Morgan fingerprint density at radius 1 is 0.955 bits per heavy atom. The SMILES string of the molecule is COc1ccc2c3c1O[C@H]1C[C@@H](O[C@@H]4O[C@H](COC(C)=O)[C@@H](OC(C)=O)[C@H](OC(C)=O)[C@H]4OC(C)=O)C=C[C@@]31CCN(C)C2. The van der Waals surface area contributed by atoms with Gasteiger partial charge in [0.15, 0.2) is 36.1 Å². The van der Waals surface area contributed by atoms with Gasteiger partial charge in [-0.05, 0) is 31.6 Å². The van der Waals surface area contributed by atoms with Gasteiger partial charge in [0.2, 0.25) is 0 Å². The minimum atomic E-state index is -1.31. The van der Waals surface area contributed by atoms with Crippen LogP contribution in [0.15, 0.2) is 24.3 Å². The van der Waals surface area contributed by atoms with Crippen LogP contribution in [0.4, 0.5) is 0 Å². The van der Waals surface area contributed by atoms with Gasteiger partial charge < -0.3 is 42.8 Å². The van der Waals surface area contributed by atoms with Crippen molar-refractivity contribution >= 4 is 23.9 Å². The zero-order valence-corrected chi connectivity index (χ0v) is 25.7. The van der Waals surface area contributed by atoms with Crippen LogP contribution in [0.2, 0.25) is 0 Å². The first-order valence-electron chi connectivity index (χ1n) is 14.6. The van der Waals surface area contributed by atoms with Gasteiger partial charge in [-0.15, -0.1) is 0 Å². The highest BCUT2D eigenvalue weighted by atomic mass is 16.7. The second-order valence-electron chi connectivity index (χ2n) is 11.6. The van der Waals surface area contributed by atoms with Crippen molar-refractivity contribution in [2.75, 3.05) is 27.3 Å². The lowest BCUT2D eigenvalue weighted by atomic mass is 9.69. The zero-order valence-electron chi connectivity index (χ0n) is 25.7. The van der Waals surface area contributed by atoms with E-state index in [9.17, 15) is 19.2 Å². The lowest BCUT2D eigenvalue weighted by molar-refractivity contribution is -0.315. The molecule has 44 heavy (non-hydrogen) atoms. The van der Waals surface area contributed by atoms with Gasteiger partial charge >= 0.3 is 23.9 Å². The predicted octanol–water partition coefficient (Wildman–Crippen LogP) is 1.96. The van der Waals surface area contributed by atoms with Gasteiger partial charge in [-0.1, -0.05) is 18.2 Å². The fourth-order valence-corrected chi connectivity index (χ4v) is 6.64. The van der Waals surface area contributed by atoms with Crippen LogP contribution in [0.25, 0.3) is 0 Å². The highest BCUT2D eigenvalue weighted by Gasteiger charge is 2.56. The third-order valence-corrected chi connectivity index (χ3v) is 8.39. The van der Waals surface area contributed by atoms with Crippen LogP contribution in [-0.4, -0.2) is 99.0 Å². The van der Waals surface area contributed by atoms with Gasteiger partial charge in [0.25, 0.3) is 0 Å². The van der Waals surface area contributed by atoms with E-state index in [1.54, 1.807) is 7.11 Å². The van der Waals surface area contributed by atoms with Crippen molar-refractivity contribution in [3.05, 3.63) is 35.4 Å². The summed E-state index contributed by atoms with van der Waals surface area (Å²) in [6, 6.07) is 4.01. The van der Waals surface area contributed by atoms with E-state index in [0.29, 0.717) is 12.2 Å². The summed E-state index contributed by atoms with van der Waals surface area (Å²) >= 11 is 0. The number of esters is 4. The number of ether oxygens (including phenoxy) is 8. The summed E-state index contributed by atoms with van der Waals surface area (Å²) in [4.78, 5) is 50.4. The van der Waals surface area contributed by atoms with E-state index >= 15 is 0 Å². The molecule has 13 nitrogen and oxygen atoms in total. The normalized spacial score (nSPS) is 32.3. The average Bonchev–Trinajstić information content (AvgIpc) is 3.20. The Bertz CT molecular complexity index is 1330. The molecule has 3 heterocycles. The molecule has 0 aromatic heterocycles. The molecular weight excluding hydrogens is 578 g/mol. The van der Waals surface area contributed by atoms with Crippen LogP contribution < -0.4 is 9.47 Å². The molecule has 0 unspecified atom stereocenters. The molecule has 240 valence electrons. The second kappa shape index (κ2) is 12.7. The topological polar surface area (TPSA) is 145 Å². The maximum Gasteiger partial charge on any atom is 0.303 e. The Balaban J connectivity index is 1.46. The highest BCUT2D eigenvalue weighted by molar-refractivity contribution is 5.69. The third kappa shape index (κ3) is 6.26. The summed E-state index contributed by atoms with van der Waals surface area (Å²) in [5, 5.41) is 0. The number of methoxy groups -OCH3 is 1. The minimum Gasteiger partial charge on any atom is -0.493 e. The molecule has 0 bridgehead atoms. The molecular formula is C31H39NO12. The molecule has 1 aromatic carbocycles. The molecule has 4 aliphatic rings. The van der Waals surface area contributed by atoms with Gasteiger partial charge in [0, 0.05) is 46.2 Å². The molecule has 8 atom stereocenters. The van der Waals surface area contributed by atoms with E-state index in [4.69, 9.17) is 37.9 Å². The Kier molecular flexibility index (Phi) is 9.19. The van der Waals surface area contributed by atoms with Crippen LogP contribution in [0.3, 0.4) is 0 Å². The first kappa shape index (κ1) is 31.7. The maximum atomic E-state index is 12.2. The molecule has 0 radical (unpaired) electrons. The van der Waals surface area contributed by atoms with E-state index in [0.717, 1.165) is 30.8 Å². The summed E-state index contributed by atoms with van der Waals surface area (Å²) in [6.45, 7) is 6.05. The second-order valence-corrected chi connectivity index (χ2v) is 11.6. The van der Waals surface area contributed by atoms with E-state index in [1.165, 1.54) is 33.3 Å². The third-order valence-electron chi connectivity index (χ3n) is 8.39. The molecule has 1 fully saturated rings. The first-order valence-corrected chi connectivity index (χ1v) is 14.6. The monoisotopic (exact) mass is 617 g/mol. The Hall–Kier alpha value is -3.68. The smallest absolute Gasteiger partial charge is 0.303 e. The average molecular weight is 618 g/mol. The fraction of sp³-hybridized carbons (Fsp3) is 0.613. The molecule has 0 saturated carbocycles. The predicted molar refractivity (Wildman–Crippen MR) is 151 cm³/mol. The van der Waals surface area contributed by atoms with Gasteiger partial charge in [-0.3, -0.25) is 19.2 Å².